The van der Waals surface area contributed by atoms with Gasteiger partial charge >= 0.3 is 0 Å². The van der Waals surface area contributed by atoms with Crippen LogP contribution in [0.25, 0.3) is 5.69 Å². The highest BCUT2D eigenvalue weighted by Gasteiger charge is 2.31. The van der Waals surface area contributed by atoms with Crippen molar-refractivity contribution in [3.05, 3.63) is 42.2 Å². The fraction of sp³-hybridized carbons (Fsp3) is 0.429. The Hall–Kier alpha value is -1.79. The van der Waals surface area contributed by atoms with Crippen LogP contribution in [0.1, 0.15) is 12.1 Å². The summed E-state index contributed by atoms with van der Waals surface area (Å²) in [6.45, 7) is 0.842. The molecule has 0 spiro atoms. The first-order valence-electron chi connectivity index (χ1n) is 6.72. The summed E-state index contributed by atoms with van der Waals surface area (Å²) < 4.78 is 13.4. The number of aliphatic hydroxyl groups excluding tert-OH is 1. The van der Waals surface area contributed by atoms with Crippen LogP contribution in [0.2, 0.25) is 0 Å². The maximum Gasteiger partial charge on any atom is 0.114 e. The van der Waals surface area contributed by atoms with Gasteiger partial charge in [0.15, 0.2) is 0 Å². The molecular weight excluding hydrogens is 259 g/mol. The normalized spacial score (nSPS) is 23.3. The molecule has 20 heavy (non-hydrogen) atoms. The number of aliphatic hydroxyl groups is 1. The van der Waals surface area contributed by atoms with Crippen molar-refractivity contribution in [2.24, 2.45) is 0 Å². The molecule has 0 unspecified atom stereocenters. The summed E-state index contributed by atoms with van der Waals surface area (Å²) >= 11 is 0. The third-order valence-corrected chi connectivity index (χ3v) is 3.58. The second-order valence-electron chi connectivity index (χ2n) is 5.06. The van der Waals surface area contributed by atoms with Crippen LogP contribution in [0.3, 0.4) is 0 Å². The summed E-state index contributed by atoms with van der Waals surface area (Å²) in [5.74, 6) is 0. The molecular formula is C14H17FN4O. The lowest BCUT2D eigenvalue weighted by atomic mass is 10.2. The van der Waals surface area contributed by atoms with Gasteiger partial charge in [-0.05, 0) is 18.6 Å². The maximum atomic E-state index is 13.4. The Balaban J connectivity index is 1.72. The van der Waals surface area contributed by atoms with Gasteiger partial charge in [-0.15, -0.1) is 0 Å². The highest BCUT2D eigenvalue weighted by atomic mass is 19.1. The number of hydrogen-bond donors (Lipinski definition) is 1. The van der Waals surface area contributed by atoms with Gasteiger partial charge in [0.2, 0.25) is 0 Å². The number of likely N-dealkylation sites (tertiary alicyclic amines) is 1. The average molecular weight is 276 g/mol. The van der Waals surface area contributed by atoms with Gasteiger partial charge in [-0.3, -0.25) is 4.90 Å². The van der Waals surface area contributed by atoms with Crippen LogP contribution in [-0.2, 0) is 6.54 Å². The van der Waals surface area contributed by atoms with Gasteiger partial charge in [0, 0.05) is 19.1 Å². The van der Waals surface area contributed by atoms with Crippen molar-refractivity contribution in [2.45, 2.75) is 25.2 Å². The van der Waals surface area contributed by atoms with E-state index in [4.69, 9.17) is 0 Å². The number of hydrogen-bond acceptors (Lipinski definition) is 4. The standard InChI is InChI=1S/C14H17FN4O/c15-11-6-14(10-20)18(8-11)9-12-7-16-19(17-12)13-4-2-1-3-5-13/h1-5,7,11,14,20H,6,8-10H2/t11-,14-/m0/s1. The Kier molecular flexibility index (Phi) is 3.75. The SMILES string of the molecule is OC[C@@H]1C[C@H](F)CN1Cc1cnn(-c2ccccc2)n1. The molecule has 0 bridgehead atoms. The number of nitrogens with zero attached hydrogens (tertiary/aromatic N) is 4. The summed E-state index contributed by atoms with van der Waals surface area (Å²) in [5.41, 5.74) is 1.67. The number of aromatic nitrogens is 3. The molecule has 1 N–H and O–H groups in total. The molecule has 1 aromatic carbocycles. The van der Waals surface area contributed by atoms with E-state index in [0.717, 1.165) is 11.4 Å². The second kappa shape index (κ2) is 5.68. The highest BCUT2D eigenvalue weighted by molar-refractivity contribution is 5.28. The molecule has 1 aliphatic rings. The first-order valence-corrected chi connectivity index (χ1v) is 6.72. The Morgan fingerprint density at radius 1 is 1.30 bits per heavy atom. The molecule has 106 valence electrons. The molecule has 2 atom stereocenters. The van der Waals surface area contributed by atoms with Crippen molar-refractivity contribution in [1.29, 1.82) is 0 Å². The monoisotopic (exact) mass is 276 g/mol. The summed E-state index contributed by atoms with van der Waals surface area (Å²) in [7, 11) is 0. The zero-order chi connectivity index (χ0) is 13.9. The summed E-state index contributed by atoms with van der Waals surface area (Å²) in [5, 5.41) is 17.9. The van der Waals surface area contributed by atoms with Crippen LogP contribution in [0.5, 0.6) is 0 Å². The van der Waals surface area contributed by atoms with Crippen LogP contribution < -0.4 is 0 Å². The smallest absolute Gasteiger partial charge is 0.114 e. The quantitative estimate of drug-likeness (QED) is 0.911. The van der Waals surface area contributed by atoms with E-state index in [-0.39, 0.29) is 12.6 Å². The number of benzene rings is 1. The van der Waals surface area contributed by atoms with Gasteiger partial charge in [-0.2, -0.15) is 15.0 Å². The minimum absolute atomic E-state index is 0.0206. The zero-order valence-electron chi connectivity index (χ0n) is 11.1. The molecule has 1 aromatic heterocycles. The lowest BCUT2D eigenvalue weighted by Crippen LogP contribution is -2.32. The minimum Gasteiger partial charge on any atom is -0.395 e. The molecule has 3 rings (SSSR count). The van der Waals surface area contributed by atoms with Crippen LogP contribution in [0.4, 0.5) is 4.39 Å². The summed E-state index contributed by atoms with van der Waals surface area (Å²) in [6, 6.07) is 9.52. The average Bonchev–Trinajstić information content (AvgIpc) is 3.07. The maximum absolute atomic E-state index is 13.4. The molecule has 0 aliphatic carbocycles. The number of alkyl halides is 1. The van der Waals surface area contributed by atoms with E-state index < -0.39 is 6.17 Å². The predicted octanol–water partition coefficient (Wildman–Crippen LogP) is 1.17. The third kappa shape index (κ3) is 2.71. The van der Waals surface area contributed by atoms with E-state index in [1.165, 1.54) is 0 Å². The Morgan fingerprint density at radius 3 is 2.85 bits per heavy atom. The minimum atomic E-state index is -0.865. The lowest BCUT2D eigenvalue weighted by molar-refractivity contribution is 0.152. The molecule has 2 heterocycles. The van der Waals surface area contributed by atoms with Crippen LogP contribution >= 0.6 is 0 Å². The molecule has 2 aromatic rings. The molecule has 0 saturated carbocycles. The molecule has 0 radical (unpaired) electrons. The van der Waals surface area contributed by atoms with Gasteiger partial charge in [0.25, 0.3) is 0 Å². The van der Waals surface area contributed by atoms with E-state index in [1.807, 2.05) is 35.2 Å². The van der Waals surface area contributed by atoms with Crippen LogP contribution in [-0.4, -0.2) is 50.4 Å². The molecule has 6 heteroatoms. The molecule has 0 amide bonds. The summed E-state index contributed by atoms with van der Waals surface area (Å²) in [4.78, 5) is 3.48. The van der Waals surface area contributed by atoms with Crippen molar-refractivity contribution >= 4 is 0 Å². The fourth-order valence-corrected chi connectivity index (χ4v) is 2.57. The number of rotatable bonds is 4. The van der Waals surface area contributed by atoms with E-state index in [9.17, 15) is 9.50 Å². The zero-order valence-corrected chi connectivity index (χ0v) is 11.1. The van der Waals surface area contributed by atoms with E-state index in [2.05, 4.69) is 10.2 Å². The van der Waals surface area contributed by atoms with Crippen molar-refractivity contribution in [3.8, 4) is 5.69 Å². The Morgan fingerprint density at radius 2 is 2.10 bits per heavy atom. The van der Waals surface area contributed by atoms with E-state index in [0.29, 0.717) is 19.5 Å². The first kappa shape index (κ1) is 13.2. The topological polar surface area (TPSA) is 54.2 Å². The third-order valence-electron chi connectivity index (χ3n) is 3.58. The number of halogens is 1. The lowest BCUT2D eigenvalue weighted by Gasteiger charge is -2.20. The van der Waals surface area contributed by atoms with Gasteiger partial charge in [-0.25, -0.2) is 4.39 Å². The highest BCUT2D eigenvalue weighted by Crippen LogP contribution is 2.21. The van der Waals surface area contributed by atoms with Crippen molar-refractivity contribution < 1.29 is 9.50 Å². The Labute approximate surface area is 116 Å². The van der Waals surface area contributed by atoms with Gasteiger partial charge < -0.3 is 5.11 Å². The van der Waals surface area contributed by atoms with Crippen LogP contribution in [0, 0.1) is 0 Å². The van der Waals surface area contributed by atoms with Crippen molar-refractivity contribution in [3.63, 3.8) is 0 Å². The van der Waals surface area contributed by atoms with E-state index in [1.54, 1.807) is 11.0 Å². The van der Waals surface area contributed by atoms with Gasteiger partial charge in [0.1, 0.15) is 6.17 Å². The first-order chi connectivity index (χ1) is 9.76. The van der Waals surface area contributed by atoms with E-state index >= 15 is 0 Å². The molecule has 1 aliphatic heterocycles. The van der Waals surface area contributed by atoms with Crippen LogP contribution in [0.15, 0.2) is 36.5 Å². The van der Waals surface area contributed by atoms with Crippen molar-refractivity contribution in [2.75, 3.05) is 13.2 Å². The predicted molar refractivity (Wildman–Crippen MR) is 72.2 cm³/mol. The second-order valence-corrected chi connectivity index (χ2v) is 5.06. The van der Waals surface area contributed by atoms with Gasteiger partial charge in [0.05, 0.1) is 24.2 Å². The Bertz CT molecular complexity index is 559. The largest absolute Gasteiger partial charge is 0.395 e. The van der Waals surface area contributed by atoms with Gasteiger partial charge in [-0.1, -0.05) is 18.2 Å². The molecule has 5 nitrogen and oxygen atoms in total. The van der Waals surface area contributed by atoms with Crippen molar-refractivity contribution in [1.82, 2.24) is 19.9 Å². The molecule has 1 fully saturated rings. The fourth-order valence-electron chi connectivity index (χ4n) is 2.57. The summed E-state index contributed by atoms with van der Waals surface area (Å²) in [6.07, 6.45) is 1.22. The molecule has 1 saturated heterocycles. The number of para-hydroxylation sites is 1.